The Balaban J connectivity index is 1.87. The van der Waals surface area contributed by atoms with Crippen LogP contribution in [0.4, 0.5) is 5.95 Å². The fourth-order valence-electron chi connectivity index (χ4n) is 2.74. The Morgan fingerprint density at radius 3 is 2.75 bits per heavy atom. The zero-order chi connectivity index (χ0) is 19.9. The van der Waals surface area contributed by atoms with E-state index in [1.165, 1.54) is 0 Å². The van der Waals surface area contributed by atoms with Crippen molar-refractivity contribution in [2.45, 2.75) is 32.9 Å². The van der Waals surface area contributed by atoms with E-state index in [0.29, 0.717) is 41.4 Å². The van der Waals surface area contributed by atoms with Gasteiger partial charge in [0.25, 0.3) is 5.56 Å². The van der Waals surface area contributed by atoms with Crippen LogP contribution >= 0.6 is 11.6 Å². The predicted molar refractivity (Wildman–Crippen MR) is 114 cm³/mol. The van der Waals surface area contributed by atoms with Crippen LogP contribution in [0.25, 0.3) is 10.9 Å². The van der Waals surface area contributed by atoms with Gasteiger partial charge < -0.3 is 4.74 Å². The summed E-state index contributed by atoms with van der Waals surface area (Å²) in [5.41, 5.74) is 4.19. The molecule has 0 unspecified atom stereocenters. The molecule has 0 saturated heterocycles. The molecule has 6 nitrogen and oxygen atoms in total. The number of halogens is 1. The number of nitrogens with zero attached hydrogens (tertiary/aromatic N) is 3. The van der Waals surface area contributed by atoms with Gasteiger partial charge in [-0.3, -0.25) is 9.36 Å². The maximum atomic E-state index is 12.9. The number of ether oxygens (including phenoxy) is 1. The van der Waals surface area contributed by atoms with Gasteiger partial charge >= 0.3 is 0 Å². The smallest absolute Gasteiger partial charge is 0.262 e. The van der Waals surface area contributed by atoms with E-state index < -0.39 is 0 Å². The second kappa shape index (κ2) is 9.48. The van der Waals surface area contributed by atoms with Crippen molar-refractivity contribution >= 4 is 34.7 Å². The van der Waals surface area contributed by atoms with E-state index in [0.717, 1.165) is 5.56 Å². The first kappa shape index (κ1) is 20.0. The summed E-state index contributed by atoms with van der Waals surface area (Å²) in [6.07, 6.45) is 2.46. The molecule has 0 fully saturated rings. The van der Waals surface area contributed by atoms with Crippen LogP contribution in [0.5, 0.6) is 0 Å². The summed E-state index contributed by atoms with van der Waals surface area (Å²) in [4.78, 5) is 17.5. The lowest BCUT2D eigenvalue weighted by Gasteiger charge is -2.13. The van der Waals surface area contributed by atoms with Gasteiger partial charge in [0, 0.05) is 23.7 Å². The minimum absolute atomic E-state index is 0.106. The molecule has 146 valence electrons. The number of nitrogens with one attached hydrogen (secondary N) is 1. The molecule has 1 N–H and O–H groups in total. The maximum Gasteiger partial charge on any atom is 0.262 e. The third-order valence-electron chi connectivity index (χ3n) is 4.11. The zero-order valence-corrected chi connectivity index (χ0v) is 16.7. The predicted octanol–water partition coefficient (Wildman–Crippen LogP) is 4.31. The Kier molecular flexibility index (Phi) is 6.79. The van der Waals surface area contributed by atoms with Gasteiger partial charge in [-0.15, -0.1) is 0 Å². The van der Waals surface area contributed by atoms with Crippen molar-refractivity contribution in [1.29, 1.82) is 0 Å². The van der Waals surface area contributed by atoms with Crippen molar-refractivity contribution in [2.24, 2.45) is 5.10 Å². The van der Waals surface area contributed by atoms with Crippen molar-refractivity contribution in [1.82, 2.24) is 9.55 Å². The minimum atomic E-state index is -0.106. The molecule has 3 rings (SSSR count). The van der Waals surface area contributed by atoms with E-state index in [1.807, 2.05) is 50.2 Å². The van der Waals surface area contributed by atoms with Crippen LogP contribution in [0, 0.1) is 0 Å². The number of hydrogen-bond donors (Lipinski definition) is 1. The molecule has 3 aromatic rings. The lowest BCUT2D eigenvalue weighted by Crippen LogP contribution is -2.25. The Morgan fingerprint density at radius 2 is 1.96 bits per heavy atom. The van der Waals surface area contributed by atoms with Crippen molar-refractivity contribution < 1.29 is 4.74 Å². The topological polar surface area (TPSA) is 68.5 Å². The summed E-state index contributed by atoms with van der Waals surface area (Å²) >= 11 is 6.15. The minimum Gasteiger partial charge on any atom is -0.379 e. The van der Waals surface area contributed by atoms with E-state index in [-0.39, 0.29) is 11.7 Å². The van der Waals surface area contributed by atoms with Crippen molar-refractivity contribution in [3.8, 4) is 0 Å². The Labute approximate surface area is 168 Å². The molecule has 0 saturated carbocycles. The first-order chi connectivity index (χ1) is 13.6. The largest absolute Gasteiger partial charge is 0.379 e. The van der Waals surface area contributed by atoms with Crippen molar-refractivity contribution in [3.05, 3.63) is 69.5 Å². The number of fused-ring (bicyclic) bond motifs is 1. The van der Waals surface area contributed by atoms with Crippen LogP contribution in [-0.4, -0.2) is 28.5 Å². The summed E-state index contributed by atoms with van der Waals surface area (Å²) < 4.78 is 7.18. The fraction of sp³-hybridized carbons (Fsp3) is 0.286. The quantitative estimate of drug-likeness (QED) is 0.348. The molecule has 1 heterocycles. The highest BCUT2D eigenvalue weighted by Crippen LogP contribution is 2.14. The summed E-state index contributed by atoms with van der Waals surface area (Å²) in [5, 5.41) is 5.40. The fourth-order valence-corrected chi connectivity index (χ4v) is 2.93. The molecular weight excluding hydrogens is 376 g/mol. The van der Waals surface area contributed by atoms with Gasteiger partial charge in [-0.05, 0) is 38.5 Å². The monoisotopic (exact) mass is 398 g/mol. The molecule has 0 aliphatic rings. The molecule has 0 atom stereocenters. The van der Waals surface area contributed by atoms with Crippen LogP contribution in [-0.2, 0) is 11.3 Å². The van der Waals surface area contributed by atoms with E-state index in [9.17, 15) is 4.79 Å². The van der Waals surface area contributed by atoms with E-state index in [2.05, 4.69) is 15.5 Å². The van der Waals surface area contributed by atoms with Crippen LogP contribution in [0.1, 0.15) is 25.8 Å². The average Bonchev–Trinajstić information content (AvgIpc) is 2.68. The maximum absolute atomic E-state index is 12.9. The highest BCUT2D eigenvalue weighted by molar-refractivity contribution is 6.33. The molecule has 0 spiro atoms. The SMILES string of the molecule is CC(C)OCCCn1c(N/N=C\c2ccccc2Cl)nc2ccccc2c1=O. The van der Waals surface area contributed by atoms with E-state index >= 15 is 0 Å². The first-order valence-corrected chi connectivity index (χ1v) is 9.59. The normalized spacial score (nSPS) is 11.6. The molecule has 1 aromatic heterocycles. The molecule has 7 heteroatoms. The molecule has 0 aliphatic heterocycles. The molecule has 0 bridgehead atoms. The van der Waals surface area contributed by atoms with Gasteiger partial charge in [0.2, 0.25) is 5.95 Å². The number of benzene rings is 2. The average molecular weight is 399 g/mol. The number of rotatable bonds is 8. The second-order valence-electron chi connectivity index (χ2n) is 6.57. The van der Waals surface area contributed by atoms with Crippen LogP contribution < -0.4 is 11.0 Å². The van der Waals surface area contributed by atoms with Gasteiger partial charge in [-0.2, -0.15) is 5.10 Å². The molecular formula is C21H23ClN4O2. The Hall–Kier alpha value is -2.70. The van der Waals surface area contributed by atoms with Crippen LogP contribution in [0.2, 0.25) is 5.02 Å². The molecule has 2 aromatic carbocycles. The lowest BCUT2D eigenvalue weighted by molar-refractivity contribution is 0.0748. The lowest BCUT2D eigenvalue weighted by atomic mass is 10.2. The zero-order valence-electron chi connectivity index (χ0n) is 15.9. The number of anilines is 1. The standard InChI is InChI=1S/C21H23ClN4O2/c1-15(2)28-13-7-12-26-20(27)17-9-4-6-11-19(17)24-21(26)25-23-14-16-8-3-5-10-18(16)22/h3-6,8-11,14-15H,7,12-13H2,1-2H3,(H,24,25)/b23-14-. The third kappa shape index (κ3) is 4.97. The summed E-state index contributed by atoms with van der Waals surface area (Å²) in [6, 6.07) is 14.7. The molecule has 0 radical (unpaired) electrons. The van der Waals surface area contributed by atoms with Crippen LogP contribution in [0.15, 0.2) is 58.4 Å². The van der Waals surface area contributed by atoms with E-state index in [4.69, 9.17) is 16.3 Å². The van der Waals surface area contributed by atoms with Gasteiger partial charge in [-0.1, -0.05) is 41.9 Å². The third-order valence-corrected chi connectivity index (χ3v) is 4.46. The summed E-state index contributed by atoms with van der Waals surface area (Å²) in [7, 11) is 0. The summed E-state index contributed by atoms with van der Waals surface area (Å²) in [6.45, 7) is 5.02. The first-order valence-electron chi connectivity index (χ1n) is 9.21. The number of hydrogen-bond acceptors (Lipinski definition) is 5. The van der Waals surface area contributed by atoms with Crippen molar-refractivity contribution in [2.75, 3.05) is 12.0 Å². The highest BCUT2D eigenvalue weighted by Gasteiger charge is 2.10. The summed E-state index contributed by atoms with van der Waals surface area (Å²) in [5.74, 6) is 0.386. The molecule has 28 heavy (non-hydrogen) atoms. The number of para-hydroxylation sites is 1. The molecule has 0 amide bonds. The number of hydrazone groups is 1. The Bertz CT molecular complexity index is 1030. The second-order valence-corrected chi connectivity index (χ2v) is 6.98. The van der Waals surface area contributed by atoms with Gasteiger partial charge in [0.05, 0.1) is 23.2 Å². The highest BCUT2D eigenvalue weighted by atomic mass is 35.5. The van der Waals surface area contributed by atoms with Crippen molar-refractivity contribution in [3.63, 3.8) is 0 Å². The van der Waals surface area contributed by atoms with Gasteiger partial charge in [0.15, 0.2) is 0 Å². The Morgan fingerprint density at radius 1 is 1.21 bits per heavy atom. The van der Waals surface area contributed by atoms with E-state index in [1.54, 1.807) is 22.9 Å². The van der Waals surface area contributed by atoms with Crippen LogP contribution in [0.3, 0.4) is 0 Å². The van der Waals surface area contributed by atoms with Gasteiger partial charge in [-0.25, -0.2) is 10.4 Å². The molecule has 0 aliphatic carbocycles. The number of aromatic nitrogens is 2. The van der Waals surface area contributed by atoms with Gasteiger partial charge in [0.1, 0.15) is 0 Å².